The Hall–Kier alpha value is -2.73. The maximum atomic E-state index is 12.3. The zero-order chi connectivity index (χ0) is 19.3. The van der Waals surface area contributed by atoms with Crippen LogP contribution in [0, 0.1) is 0 Å². The molecule has 2 aromatic carbocycles. The largest absolute Gasteiger partial charge is 0.345 e. The summed E-state index contributed by atoms with van der Waals surface area (Å²) in [6.07, 6.45) is 0. The van der Waals surface area contributed by atoms with Gasteiger partial charge in [0.2, 0.25) is 0 Å². The van der Waals surface area contributed by atoms with E-state index < -0.39 is 0 Å². The van der Waals surface area contributed by atoms with Gasteiger partial charge in [0.1, 0.15) is 0 Å². The third-order valence-corrected chi connectivity index (χ3v) is 4.07. The second kappa shape index (κ2) is 8.58. The highest BCUT2D eigenvalue weighted by Crippen LogP contribution is 2.15. The fraction of sp³-hybridized carbons (Fsp3) is 0.250. The molecular formula is C20H23N3O2S. The van der Waals surface area contributed by atoms with Gasteiger partial charge in [-0.05, 0) is 60.1 Å². The topological polar surface area (TPSA) is 61.4 Å². The number of hydrogen-bond donors (Lipinski definition) is 2. The predicted molar refractivity (Wildman–Crippen MR) is 109 cm³/mol. The number of nitrogens with one attached hydrogen (secondary N) is 2. The van der Waals surface area contributed by atoms with Crippen molar-refractivity contribution in [3.63, 3.8) is 0 Å². The van der Waals surface area contributed by atoms with E-state index in [4.69, 9.17) is 12.2 Å². The van der Waals surface area contributed by atoms with Crippen LogP contribution in [-0.4, -0.2) is 35.9 Å². The summed E-state index contributed by atoms with van der Waals surface area (Å²) in [6, 6.07) is 14.4. The molecule has 0 aliphatic heterocycles. The summed E-state index contributed by atoms with van der Waals surface area (Å²) in [7, 11) is 3.40. The fourth-order valence-corrected chi connectivity index (χ4v) is 2.52. The van der Waals surface area contributed by atoms with Gasteiger partial charge in [-0.2, -0.15) is 0 Å². The number of hydrogen-bond acceptors (Lipinski definition) is 3. The number of benzene rings is 2. The molecule has 0 unspecified atom stereocenters. The van der Waals surface area contributed by atoms with Crippen LogP contribution in [0.15, 0.2) is 48.5 Å². The van der Waals surface area contributed by atoms with E-state index in [-0.39, 0.29) is 16.9 Å². The number of amides is 2. The molecule has 2 aromatic rings. The molecule has 0 aromatic heterocycles. The van der Waals surface area contributed by atoms with E-state index in [1.54, 1.807) is 50.5 Å². The van der Waals surface area contributed by atoms with Crippen molar-refractivity contribution in [2.24, 2.45) is 0 Å². The van der Waals surface area contributed by atoms with Crippen LogP contribution in [0.25, 0.3) is 0 Å². The van der Waals surface area contributed by atoms with Gasteiger partial charge in [-0.25, -0.2) is 0 Å². The molecule has 0 saturated carbocycles. The van der Waals surface area contributed by atoms with Gasteiger partial charge in [-0.1, -0.05) is 26.0 Å². The Morgan fingerprint density at radius 1 is 0.923 bits per heavy atom. The average Bonchev–Trinajstić information content (AvgIpc) is 2.61. The zero-order valence-corrected chi connectivity index (χ0v) is 16.2. The summed E-state index contributed by atoms with van der Waals surface area (Å²) >= 11 is 5.19. The van der Waals surface area contributed by atoms with Crippen LogP contribution in [-0.2, 0) is 0 Å². The molecule has 136 valence electrons. The molecule has 0 fully saturated rings. The molecule has 0 atom stereocenters. The Kier molecular flexibility index (Phi) is 6.46. The van der Waals surface area contributed by atoms with E-state index in [0.29, 0.717) is 22.7 Å². The summed E-state index contributed by atoms with van der Waals surface area (Å²) < 4.78 is 0. The zero-order valence-electron chi connectivity index (χ0n) is 15.4. The molecule has 2 N–H and O–H groups in total. The van der Waals surface area contributed by atoms with Gasteiger partial charge in [0.25, 0.3) is 11.8 Å². The lowest BCUT2D eigenvalue weighted by atomic mass is 10.0. The van der Waals surface area contributed by atoms with Crippen molar-refractivity contribution < 1.29 is 9.59 Å². The quantitative estimate of drug-likeness (QED) is 0.808. The Morgan fingerprint density at radius 3 is 1.96 bits per heavy atom. The van der Waals surface area contributed by atoms with Crippen molar-refractivity contribution in [2.75, 3.05) is 19.4 Å². The molecule has 5 nitrogen and oxygen atoms in total. The van der Waals surface area contributed by atoms with E-state index in [0.717, 1.165) is 0 Å². The van der Waals surface area contributed by atoms with Crippen LogP contribution in [0.4, 0.5) is 5.69 Å². The summed E-state index contributed by atoms with van der Waals surface area (Å²) in [5.74, 6) is 0.0756. The van der Waals surface area contributed by atoms with Crippen molar-refractivity contribution in [1.29, 1.82) is 0 Å². The number of thiocarbonyl (C=S) groups is 1. The first kappa shape index (κ1) is 19.6. The molecule has 0 aliphatic carbocycles. The second-order valence-electron chi connectivity index (χ2n) is 6.46. The lowest BCUT2D eigenvalue weighted by Gasteiger charge is -2.12. The lowest BCUT2D eigenvalue weighted by molar-refractivity contribution is 0.0827. The van der Waals surface area contributed by atoms with Crippen molar-refractivity contribution in [2.45, 2.75) is 19.8 Å². The molecule has 0 radical (unpaired) electrons. The maximum absolute atomic E-state index is 12.3. The Bertz CT molecular complexity index is 797. The minimum Gasteiger partial charge on any atom is -0.345 e. The smallest absolute Gasteiger partial charge is 0.257 e. The number of nitrogens with zero attached hydrogens (tertiary/aromatic N) is 1. The lowest BCUT2D eigenvalue weighted by Crippen LogP contribution is -2.34. The molecule has 2 rings (SSSR count). The van der Waals surface area contributed by atoms with Crippen LogP contribution in [0.5, 0.6) is 0 Å². The molecule has 2 amide bonds. The standard InChI is InChI=1S/C20H23N3O2S/c1-13(2)14-5-7-15(8-6-14)18(24)22-20(26)21-17-11-9-16(10-12-17)19(25)23(3)4/h5-13H,1-4H3,(H2,21,22,24,26). The van der Waals surface area contributed by atoms with Gasteiger partial charge < -0.3 is 10.2 Å². The summed E-state index contributed by atoms with van der Waals surface area (Å²) in [5, 5.41) is 5.80. The van der Waals surface area contributed by atoms with Gasteiger partial charge >= 0.3 is 0 Å². The third kappa shape index (κ3) is 5.13. The average molecular weight is 369 g/mol. The predicted octanol–water partition coefficient (Wildman–Crippen LogP) is 3.64. The molecule has 0 aliphatic rings. The van der Waals surface area contributed by atoms with Crippen molar-refractivity contribution >= 4 is 34.8 Å². The minimum absolute atomic E-state index is 0.0720. The second-order valence-corrected chi connectivity index (χ2v) is 6.87. The van der Waals surface area contributed by atoms with E-state index in [9.17, 15) is 9.59 Å². The molecule has 6 heteroatoms. The van der Waals surface area contributed by atoms with Gasteiger partial charge in [0.15, 0.2) is 5.11 Å². The normalized spacial score (nSPS) is 10.3. The van der Waals surface area contributed by atoms with Gasteiger partial charge in [-0.3, -0.25) is 14.9 Å². The molecule has 0 heterocycles. The number of rotatable bonds is 4. The van der Waals surface area contributed by atoms with Crippen molar-refractivity contribution in [3.05, 3.63) is 65.2 Å². The monoisotopic (exact) mass is 369 g/mol. The first-order valence-electron chi connectivity index (χ1n) is 8.32. The van der Waals surface area contributed by atoms with Crippen LogP contribution in [0.1, 0.15) is 46.0 Å². The highest BCUT2D eigenvalue weighted by atomic mass is 32.1. The fourth-order valence-electron chi connectivity index (χ4n) is 2.31. The summed E-state index contributed by atoms with van der Waals surface area (Å²) in [5.41, 5.74) is 3.00. The number of carbonyl (C=O) groups excluding carboxylic acids is 2. The number of carbonyl (C=O) groups is 2. The summed E-state index contributed by atoms with van der Waals surface area (Å²) in [4.78, 5) is 25.6. The Balaban J connectivity index is 1.95. The minimum atomic E-state index is -0.266. The molecular weight excluding hydrogens is 346 g/mol. The maximum Gasteiger partial charge on any atom is 0.257 e. The van der Waals surface area contributed by atoms with Crippen LogP contribution in [0.2, 0.25) is 0 Å². The van der Waals surface area contributed by atoms with E-state index >= 15 is 0 Å². The SMILES string of the molecule is CC(C)c1ccc(C(=O)NC(=S)Nc2ccc(C(=O)N(C)C)cc2)cc1. The van der Waals surface area contributed by atoms with E-state index in [2.05, 4.69) is 24.5 Å². The highest BCUT2D eigenvalue weighted by molar-refractivity contribution is 7.80. The van der Waals surface area contributed by atoms with Gasteiger partial charge in [0, 0.05) is 30.9 Å². The van der Waals surface area contributed by atoms with Crippen LogP contribution in [0.3, 0.4) is 0 Å². The highest BCUT2D eigenvalue weighted by Gasteiger charge is 2.10. The molecule has 26 heavy (non-hydrogen) atoms. The molecule has 0 saturated heterocycles. The third-order valence-electron chi connectivity index (χ3n) is 3.86. The summed E-state index contributed by atoms with van der Waals surface area (Å²) in [6.45, 7) is 4.21. The first-order valence-corrected chi connectivity index (χ1v) is 8.72. The van der Waals surface area contributed by atoms with E-state index in [1.807, 2.05) is 12.1 Å². The van der Waals surface area contributed by atoms with Crippen molar-refractivity contribution in [3.8, 4) is 0 Å². The number of anilines is 1. The molecule has 0 bridgehead atoms. The van der Waals surface area contributed by atoms with Gasteiger partial charge in [-0.15, -0.1) is 0 Å². The van der Waals surface area contributed by atoms with E-state index in [1.165, 1.54) is 10.5 Å². The Labute approximate surface area is 159 Å². The Morgan fingerprint density at radius 2 is 1.46 bits per heavy atom. The van der Waals surface area contributed by atoms with Crippen molar-refractivity contribution in [1.82, 2.24) is 10.2 Å². The van der Waals surface area contributed by atoms with Crippen LogP contribution >= 0.6 is 12.2 Å². The first-order chi connectivity index (χ1) is 12.3. The molecule has 0 spiro atoms. The van der Waals surface area contributed by atoms with Crippen LogP contribution < -0.4 is 10.6 Å². The van der Waals surface area contributed by atoms with Gasteiger partial charge in [0.05, 0.1) is 0 Å².